The summed E-state index contributed by atoms with van der Waals surface area (Å²) in [5.74, 6) is 0.908. The number of Topliss-reactive ketones (excluding diaryl/α,β-unsaturated/α-hetero) is 1. The van der Waals surface area contributed by atoms with Crippen LogP contribution in [0.3, 0.4) is 0 Å². The van der Waals surface area contributed by atoms with Gasteiger partial charge in [-0.25, -0.2) is 0 Å². The fourth-order valence-electron chi connectivity index (χ4n) is 1.63. The Labute approximate surface area is 102 Å². The summed E-state index contributed by atoms with van der Waals surface area (Å²) < 4.78 is 5.53. The van der Waals surface area contributed by atoms with Gasteiger partial charge in [-0.1, -0.05) is 18.5 Å². The minimum absolute atomic E-state index is 0.135. The van der Waals surface area contributed by atoms with Gasteiger partial charge in [0.25, 0.3) is 0 Å². The average Bonchev–Trinajstić information content (AvgIpc) is 2.16. The second kappa shape index (κ2) is 5.90. The van der Waals surface area contributed by atoms with Crippen molar-refractivity contribution in [1.29, 1.82) is 0 Å². The van der Waals surface area contributed by atoms with Crippen LogP contribution >= 0.6 is 11.6 Å². The summed E-state index contributed by atoms with van der Waals surface area (Å²) in [5, 5.41) is 0.697. The number of rotatable bonds is 5. The van der Waals surface area contributed by atoms with Crippen LogP contribution in [0.15, 0.2) is 12.1 Å². The molecule has 0 amide bonds. The Morgan fingerprint density at radius 3 is 2.38 bits per heavy atom. The monoisotopic (exact) mass is 240 g/mol. The van der Waals surface area contributed by atoms with E-state index in [-0.39, 0.29) is 12.4 Å². The standard InChI is InChI=1S/C13H17ClO2/c1-4-5-12(15)8-16-13-9(2)6-11(14)7-10(13)3/h6-7H,4-5,8H2,1-3H3. The normalized spacial score (nSPS) is 10.2. The lowest BCUT2D eigenvalue weighted by molar-refractivity contribution is -0.121. The number of ketones is 1. The molecule has 0 aliphatic heterocycles. The van der Waals surface area contributed by atoms with E-state index in [4.69, 9.17) is 16.3 Å². The molecule has 0 bridgehead atoms. The van der Waals surface area contributed by atoms with E-state index < -0.39 is 0 Å². The maximum absolute atomic E-state index is 11.4. The van der Waals surface area contributed by atoms with Crippen LogP contribution in [-0.4, -0.2) is 12.4 Å². The minimum Gasteiger partial charge on any atom is -0.485 e. The van der Waals surface area contributed by atoms with E-state index in [1.807, 2.05) is 32.9 Å². The summed E-state index contributed by atoms with van der Waals surface area (Å²) in [4.78, 5) is 11.4. The number of ether oxygens (including phenoxy) is 1. The van der Waals surface area contributed by atoms with Crippen LogP contribution in [0, 0.1) is 13.8 Å². The largest absolute Gasteiger partial charge is 0.485 e. The molecule has 0 N–H and O–H groups in total. The predicted octanol–water partition coefficient (Wildman–Crippen LogP) is 3.70. The Morgan fingerprint density at radius 2 is 1.88 bits per heavy atom. The van der Waals surface area contributed by atoms with Crippen molar-refractivity contribution in [2.45, 2.75) is 33.6 Å². The van der Waals surface area contributed by atoms with E-state index in [2.05, 4.69) is 0 Å². The van der Waals surface area contributed by atoms with Crippen LogP contribution in [0.1, 0.15) is 30.9 Å². The number of carbonyl (C=O) groups is 1. The van der Waals surface area contributed by atoms with Crippen molar-refractivity contribution >= 4 is 17.4 Å². The molecule has 16 heavy (non-hydrogen) atoms. The summed E-state index contributed by atoms with van der Waals surface area (Å²) in [5.41, 5.74) is 1.93. The highest BCUT2D eigenvalue weighted by molar-refractivity contribution is 6.30. The lowest BCUT2D eigenvalue weighted by Gasteiger charge is -2.11. The molecule has 1 aromatic rings. The molecular formula is C13H17ClO2. The molecule has 0 aromatic heterocycles. The molecule has 3 heteroatoms. The number of hydrogen-bond donors (Lipinski definition) is 0. The van der Waals surface area contributed by atoms with Crippen molar-refractivity contribution in [2.75, 3.05) is 6.61 Å². The molecule has 0 radical (unpaired) electrons. The van der Waals surface area contributed by atoms with E-state index in [9.17, 15) is 4.79 Å². The molecule has 0 unspecified atom stereocenters. The fourth-order valence-corrected chi connectivity index (χ4v) is 1.96. The van der Waals surface area contributed by atoms with E-state index in [1.165, 1.54) is 0 Å². The van der Waals surface area contributed by atoms with Crippen molar-refractivity contribution in [2.24, 2.45) is 0 Å². The zero-order valence-electron chi connectivity index (χ0n) is 9.97. The maximum atomic E-state index is 11.4. The predicted molar refractivity (Wildman–Crippen MR) is 66.3 cm³/mol. The van der Waals surface area contributed by atoms with Gasteiger partial charge in [-0.05, 0) is 43.5 Å². The highest BCUT2D eigenvalue weighted by atomic mass is 35.5. The van der Waals surface area contributed by atoms with Crippen LogP contribution in [-0.2, 0) is 4.79 Å². The van der Waals surface area contributed by atoms with Crippen molar-refractivity contribution in [3.63, 3.8) is 0 Å². The number of halogens is 1. The topological polar surface area (TPSA) is 26.3 Å². The van der Waals surface area contributed by atoms with E-state index in [1.54, 1.807) is 0 Å². The number of aryl methyl sites for hydroxylation is 2. The van der Waals surface area contributed by atoms with Crippen molar-refractivity contribution in [3.05, 3.63) is 28.3 Å². The molecule has 0 atom stereocenters. The fraction of sp³-hybridized carbons (Fsp3) is 0.462. The SMILES string of the molecule is CCCC(=O)COc1c(C)cc(Cl)cc1C. The molecule has 0 aliphatic carbocycles. The molecule has 0 aliphatic rings. The molecule has 0 spiro atoms. The molecular weight excluding hydrogens is 224 g/mol. The third kappa shape index (κ3) is 3.53. The molecule has 2 nitrogen and oxygen atoms in total. The zero-order chi connectivity index (χ0) is 12.1. The zero-order valence-corrected chi connectivity index (χ0v) is 10.7. The first-order valence-electron chi connectivity index (χ1n) is 5.45. The Balaban J connectivity index is 2.70. The smallest absolute Gasteiger partial charge is 0.170 e. The molecule has 0 saturated heterocycles. The third-order valence-corrected chi connectivity index (χ3v) is 2.55. The van der Waals surface area contributed by atoms with Gasteiger partial charge in [-0.2, -0.15) is 0 Å². The van der Waals surface area contributed by atoms with Crippen LogP contribution < -0.4 is 4.74 Å². The van der Waals surface area contributed by atoms with Gasteiger partial charge in [0.05, 0.1) is 0 Å². The molecule has 0 saturated carbocycles. The van der Waals surface area contributed by atoms with Gasteiger partial charge in [0.1, 0.15) is 12.4 Å². The molecule has 0 heterocycles. The summed E-state index contributed by atoms with van der Waals surface area (Å²) in [7, 11) is 0. The van der Waals surface area contributed by atoms with Crippen molar-refractivity contribution in [3.8, 4) is 5.75 Å². The molecule has 0 fully saturated rings. The van der Waals surface area contributed by atoms with E-state index >= 15 is 0 Å². The molecule has 1 aromatic carbocycles. The van der Waals surface area contributed by atoms with Gasteiger partial charge in [0, 0.05) is 11.4 Å². The number of carbonyl (C=O) groups excluding carboxylic acids is 1. The first kappa shape index (κ1) is 13.0. The van der Waals surface area contributed by atoms with Gasteiger partial charge in [-0.3, -0.25) is 4.79 Å². The minimum atomic E-state index is 0.135. The molecule has 1 rings (SSSR count). The highest BCUT2D eigenvalue weighted by Gasteiger charge is 2.08. The Kier molecular flexibility index (Phi) is 4.81. The van der Waals surface area contributed by atoms with Crippen molar-refractivity contribution < 1.29 is 9.53 Å². The summed E-state index contributed by atoms with van der Waals surface area (Å²) >= 11 is 5.91. The van der Waals surface area contributed by atoms with E-state index in [0.717, 1.165) is 23.3 Å². The Morgan fingerprint density at radius 1 is 1.31 bits per heavy atom. The first-order valence-corrected chi connectivity index (χ1v) is 5.83. The van der Waals surface area contributed by atoms with Crippen LogP contribution in [0.2, 0.25) is 5.02 Å². The Hall–Kier alpha value is -1.02. The third-order valence-electron chi connectivity index (χ3n) is 2.33. The Bertz CT molecular complexity index is 363. The highest BCUT2D eigenvalue weighted by Crippen LogP contribution is 2.26. The summed E-state index contributed by atoms with van der Waals surface area (Å²) in [6.45, 7) is 5.99. The van der Waals surface area contributed by atoms with E-state index in [0.29, 0.717) is 11.4 Å². The second-order valence-electron chi connectivity index (χ2n) is 3.95. The van der Waals surface area contributed by atoms with Crippen LogP contribution in [0.5, 0.6) is 5.75 Å². The van der Waals surface area contributed by atoms with Crippen LogP contribution in [0.4, 0.5) is 0 Å². The second-order valence-corrected chi connectivity index (χ2v) is 4.38. The first-order chi connectivity index (χ1) is 7.54. The number of hydrogen-bond acceptors (Lipinski definition) is 2. The van der Waals surface area contributed by atoms with Gasteiger partial charge in [0.15, 0.2) is 5.78 Å². The maximum Gasteiger partial charge on any atom is 0.170 e. The summed E-state index contributed by atoms with van der Waals surface area (Å²) in [6, 6.07) is 3.68. The van der Waals surface area contributed by atoms with Gasteiger partial charge in [0.2, 0.25) is 0 Å². The quantitative estimate of drug-likeness (QED) is 0.784. The lowest BCUT2D eigenvalue weighted by Crippen LogP contribution is -2.11. The molecule has 88 valence electrons. The van der Waals surface area contributed by atoms with Crippen LogP contribution in [0.25, 0.3) is 0 Å². The van der Waals surface area contributed by atoms with Gasteiger partial charge < -0.3 is 4.74 Å². The average molecular weight is 241 g/mol. The summed E-state index contributed by atoms with van der Waals surface area (Å²) in [6.07, 6.45) is 1.44. The van der Waals surface area contributed by atoms with Crippen molar-refractivity contribution in [1.82, 2.24) is 0 Å². The number of benzene rings is 1. The lowest BCUT2D eigenvalue weighted by atomic mass is 10.1. The van der Waals surface area contributed by atoms with Gasteiger partial charge >= 0.3 is 0 Å². The van der Waals surface area contributed by atoms with Gasteiger partial charge in [-0.15, -0.1) is 0 Å².